The third-order valence-electron chi connectivity index (χ3n) is 4.24. The van der Waals surface area contributed by atoms with E-state index in [0.717, 1.165) is 30.9 Å². The van der Waals surface area contributed by atoms with Crippen LogP contribution < -0.4 is 5.32 Å². The van der Waals surface area contributed by atoms with Gasteiger partial charge in [0.2, 0.25) is 0 Å². The van der Waals surface area contributed by atoms with Gasteiger partial charge in [-0.25, -0.2) is 4.98 Å². The number of hydrogen-bond donors (Lipinski definition) is 1. The number of nitrogens with one attached hydrogen (secondary N) is 1. The van der Waals surface area contributed by atoms with Gasteiger partial charge < -0.3 is 9.88 Å². The molecule has 1 aliphatic rings. The molecular formula is C14H26N4. The van der Waals surface area contributed by atoms with Crippen LogP contribution in [0.1, 0.15) is 31.5 Å². The molecule has 2 atom stereocenters. The fourth-order valence-corrected chi connectivity index (χ4v) is 3.02. The van der Waals surface area contributed by atoms with Gasteiger partial charge in [-0.3, -0.25) is 4.90 Å². The highest BCUT2D eigenvalue weighted by Gasteiger charge is 2.25. The van der Waals surface area contributed by atoms with Gasteiger partial charge in [-0.2, -0.15) is 0 Å². The lowest BCUT2D eigenvalue weighted by Gasteiger charge is -2.22. The second kappa shape index (κ2) is 6.34. The highest BCUT2D eigenvalue weighted by molar-refractivity contribution is 4.91. The summed E-state index contributed by atoms with van der Waals surface area (Å²) >= 11 is 0. The van der Waals surface area contributed by atoms with Gasteiger partial charge in [-0.1, -0.05) is 6.42 Å². The summed E-state index contributed by atoms with van der Waals surface area (Å²) in [6, 6.07) is 0.742. The molecule has 4 nitrogen and oxygen atoms in total. The zero-order valence-corrected chi connectivity index (χ0v) is 11.9. The number of hydrogen-bond acceptors (Lipinski definition) is 3. The Labute approximate surface area is 110 Å². The quantitative estimate of drug-likeness (QED) is 0.833. The van der Waals surface area contributed by atoms with Crippen LogP contribution in [-0.4, -0.2) is 41.1 Å². The number of nitrogens with zero attached hydrogens (tertiary/aromatic N) is 3. The molecule has 0 bridgehead atoms. The van der Waals surface area contributed by atoms with Crippen LogP contribution >= 0.6 is 0 Å². The smallest absolute Gasteiger partial charge is 0.122 e. The summed E-state index contributed by atoms with van der Waals surface area (Å²) in [7, 11) is 6.35. The van der Waals surface area contributed by atoms with Gasteiger partial charge in [0.05, 0.1) is 6.54 Å². The van der Waals surface area contributed by atoms with E-state index in [1.807, 2.05) is 12.4 Å². The average Bonchev–Trinajstić information content (AvgIpc) is 2.96. The van der Waals surface area contributed by atoms with Gasteiger partial charge in [-0.05, 0) is 45.8 Å². The van der Waals surface area contributed by atoms with Gasteiger partial charge in [0, 0.05) is 25.5 Å². The monoisotopic (exact) mass is 250 g/mol. The van der Waals surface area contributed by atoms with Crippen molar-refractivity contribution in [2.75, 3.05) is 20.6 Å². The van der Waals surface area contributed by atoms with E-state index in [9.17, 15) is 0 Å². The first-order valence-electron chi connectivity index (χ1n) is 7.02. The molecular weight excluding hydrogens is 224 g/mol. The second-order valence-corrected chi connectivity index (χ2v) is 5.57. The maximum Gasteiger partial charge on any atom is 0.122 e. The highest BCUT2D eigenvalue weighted by atomic mass is 15.1. The third kappa shape index (κ3) is 3.33. The first kappa shape index (κ1) is 13.6. The molecule has 1 saturated carbocycles. The number of rotatable bonds is 6. The Bertz CT molecular complexity index is 360. The van der Waals surface area contributed by atoms with Crippen molar-refractivity contribution in [1.82, 2.24) is 19.8 Å². The minimum absolute atomic E-state index is 0.742. The number of aryl methyl sites for hydroxylation is 1. The Hall–Kier alpha value is -0.870. The van der Waals surface area contributed by atoms with E-state index >= 15 is 0 Å². The van der Waals surface area contributed by atoms with E-state index in [1.54, 1.807) is 0 Å². The van der Waals surface area contributed by atoms with Crippen LogP contribution in [0.15, 0.2) is 12.4 Å². The first-order chi connectivity index (χ1) is 8.70. The highest BCUT2D eigenvalue weighted by Crippen LogP contribution is 2.28. The lowest BCUT2D eigenvalue weighted by molar-refractivity contribution is 0.271. The minimum atomic E-state index is 0.742. The van der Waals surface area contributed by atoms with E-state index in [1.165, 1.54) is 25.7 Å². The lowest BCUT2D eigenvalue weighted by Crippen LogP contribution is -2.31. The van der Waals surface area contributed by atoms with Crippen molar-refractivity contribution in [3.8, 4) is 0 Å². The average molecular weight is 250 g/mol. The summed E-state index contributed by atoms with van der Waals surface area (Å²) in [5.41, 5.74) is 0. The maximum atomic E-state index is 4.38. The zero-order valence-electron chi connectivity index (χ0n) is 11.9. The van der Waals surface area contributed by atoms with Crippen molar-refractivity contribution in [1.29, 1.82) is 0 Å². The van der Waals surface area contributed by atoms with E-state index < -0.39 is 0 Å². The largest absolute Gasteiger partial charge is 0.337 e. The molecule has 1 aromatic heterocycles. The van der Waals surface area contributed by atoms with Gasteiger partial charge in [0.25, 0.3) is 0 Å². The van der Waals surface area contributed by atoms with Crippen molar-refractivity contribution in [3.05, 3.63) is 18.2 Å². The van der Waals surface area contributed by atoms with Crippen LogP contribution in [0.3, 0.4) is 0 Å². The second-order valence-electron chi connectivity index (χ2n) is 5.57. The molecule has 1 heterocycles. The van der Waals surface area contributed by atoms with Crippen LogP contribution in [0.4, 0.5) is 0 Å². The normalized spacial score (nSPS) is 24.0. The molecule has 102 valence electrons. The van der Waals surface area contributed by atoms with E-state index in [2.05, 4.69) is 40.9 Å². The van der Waals surface area contributed by atoms with E-state index in [-0.39, 0.29) is 0 Å². The molecule has 0 spiro atoms. The summed E-state index contributed by atoms with van der Waals surface area (Å²) < 4.78 is 2.10. The van der Waals surface area contributed by atoms with Crippen molar-refractivity contribution in [3.63, 3.8) is 0 Å². The van der Waals surface area contributed by atoms with E-state index in [4.69, 9.17) is 0 Å². The molecule has 1 N–H and O–H groups in total. The SMILES string of the molecule is CNC1CCCC1CCN(C)Cc1nccn1C. The Morgan fingerprint density at radius 1 is 1.50 bits per heavy atom. The Morgan fingerprint density at radius 2 is 2.33 bits per heavy atom. The summed E-state index contributed by atoms with van der Waals surface area (Å²) in [5, 5.41) is 3.46. The van der Waals surface area contributed by atoms with Gasteiger partial charge >= 0.3 is 0 Å². The zero-order chi connectivity index (χ0) is 13.0. The molecule has 0 aromatic carbocycles. The predicted octanol–water partition coefficient (Wildman–Crippen LogP) is 1.63. The molecule has 1 fully saturated rings. The lowest BCUT2D eigenvalue weighted by atomic mass is 9.99. The van der Waals surface area contributed by atoms with Crippen molar-refractivity contribution in [2.45, 2.75) is 38.3 Å². The van der Waals surface area contributed by atoms with Gasteiger partial charge in [-0.15, -0.1) is 0 Å². The molecule has 18 heavy (non-hydrogen) atoms. The summed E-state index contributed by atoms with van der Waals surface area (Å²) in [4.78, 5) is 6.76. The molecule has 2 rings (SSSR count). The predicted molar refractivity (Wildman–Crippen MR) is 74.3 cm³/mol. The fourth-order valence-electron chi connectivity index (χ4n) is 3.02. The number of aromatic nitrogens is 2. The first-order valence-corrected chi connectivity index (χ1v) is 7.02. The Balaban J connectivity index is 1.75. The summed E-state index contributed by atoms with van der Waals surface area (Å²) in [6.07, 6.45) is 9.31. The van der Waals surface area contributed by atoms with Crippen LogP contribution in [-0.2, 0) is 13.6 Å². The van der Waals surface area contributed by atoms with Gasteiger partial charge in [0.15, 0.2) is 0 Å². The molecule has 1 aliphatic carbocycles. The molecule has 0 amide bonds. The summed E-state index contributed by atoms with van der Waals surface area (Å²) in [5.74, 6) is 2.01. The van der Waals surface area contributed by atoms with Crippen molar-refractivity contribution >= 4 is 0 Å². The molecule has 1 aromatic rings. The van der Waals surface area contributed by atoms with Crippen LogP contribution in [0, 0.1) is 5.92 Å². The van der Waals surface area contributed by atoms with E-state index in [0.29, 0.717) is 0 Å². The maximum absolute atomic E-state index is 4.38. The Morgan fingerprint density at radius 3 is 3.00 bits per heavy atom. The van der Waals surface area contributed by atoms with Crippen LogP contribution in [0.2, 0.25) is 0 Å². The van der Waals surface area contributed by atoms with Crippen molar-refractivity contribution < 1.29 is 0 Å². The molecule has 0 radical (unpaired) electrons. The number of imidazole rings is 1. The molecule has 2 unspecified atom stereocenters. The van der Waals surface area contributed by atoms with Crippen LogP contribution in [0.25, 0.3) is 0 Å². The molecule has 4 heteroatoms. The Kier molecular flexibility index (Phi) is 4.78. The molecule has 0 aliphatic heterocycles. The third-order valence-corrected chi connectivity index (χ3v) is 4.24. The fraction of sp³-hybridized carbons (Fsp3) is 0.786. The van der Waals surface area contributed by atoms with Gasteiger partial charge in [0.1, 0.15) is 5.82 Å². The minimum Gasteiger partial charge on any atom is -0.337 e. The summed E-state index contributed by atoms with van der Waals surface area (Å²) in [6.45, 7) is 2.11. The van der Waals surface area contributed by atoms with Crippen LogP contribution in [0.5, 0.6) is 0 Å². The standard InChI is InChI=1S/C14H26N4/c1-15-13-6-4-5-12(13)7-9-17(2)11-14-16-8-10-18(14)3/h8,10,12-13,15H,4-7,9,11H2,1-3H3. The topological polar surface area (TPSA) is 33.1 Å². The van der Waals surface area contributed by atoms with Crippen molar-refractivity contribution in [2.24, 2.45) is 13.0 Å². The molecule has 0 saturated heterocycles.